The number of nitrogens with one attached hydrogen (secondary N) is 2. The first-order valence-corrected chi connectivity index (χ1v) is 7.09. The average Bonchev–Trinajstić information content (AvgIpc) is 2.95. The molecule has 1 aromatic carbocycles. The molecule has 4 nitrogen and oxygen atoms in total. The van der Waals surface area contributed by atoms with E-state index in [9.17, 15) is 13.6 Å². The van der Waals surface area contributed by atoms with E-state index in [1.807, 2.05) is 0 Å². The van der Waals surface area contributed by atoms with Crippen LogP contribution in [0.3, 0.4) is 0 Å². The highest BCUT2D eigenvalue weighted by Gasteiger charge is 2.26. The Kier molecular flexibility index (Phi) is 5.25. The summed E-state index contributed by atoms with van der Waals surface area (Å²) in [6.45, 7) is 1.67. The average molecular weight is 297 g/mol. The molecule has 1 saturated heterocycles. The van der Waals surface area contributed by atoms with Gasteiger partial charge in [-0.3, -0.25) is 4.79 Å². The topological polar surface area (TPSA) is 44.4 Å². The molecule has 1 aromatic rings. The quantitative estimate of drug-likeness (QED) is 0.861. The van der Waals surface area contributed by atoms with Crippen LogP contribution in [-0.2, 0) is 4.79 Å². The van der Waals surface area contributed by atoms with Gasteiger partial charge in [-0.25, -0.2) is 8.78 Å². The van der Waals surface area contributed by atoms with Crippen molar-refractivity contribution in [3.8, 4) is 0 Å². The summed E-state index contributed by atoms with van der Waals surface area (Å²) in [5.41, 5.74) is -0.00709. The summed E-state index contributed by atoms with van der Waals surface area (Å²) in [5, 5.41) is 5.93. The van der Waals surface area contributed by atoms with Gasteiger partial charge in [0.05, 0.1) is 12.0 Å². The molecule has 1 amide bonds. The first-order valence-electron chi connectivity index (χ1n) is 7.09. The van der Waals surface area contributed by atoms with Gasteiger partial charge in [0, 0.05) is 18.7 Å². The molecule has 116 valence electrons. The Morgan fingerprint density at radius 3 is 2.62 bits per heavy atom. The third-order valence-corrected chi connectivity index (χ3v) is 3.86. The molecule has 0 radical (unpaired) electrons. The number of hydrogen-bond donors (Lipinski definition) is 2. The normalized spacial score (nSPS) is 19.8. The number of carbonyl (C=O) groups excluding carboxylic acids is 1. The minimum absolute atomic E-state index is 0.00709. The van der Waals surface area contributed by atoms with Crippen molar-refractivity contribution in [3.05, 3.63) is 35.4 Å². The Morgan fingerprint density at radius 1 is 1.43 bits per heavy atom. The van der Waals surface area contributed by atoms with Gasteiger partial charge >= 0.3 is 0 Å². The summed E-state index contributed by atoms with van der Waals surface area (Å²) in [6.07, 6.45) is 0.798. The van der Waals surface area contributed by atoms with Gasteiger partial charge in [-0.05, 0) is 39.2 Å². The molecule has 2 atom stereocenters. The molecule has 0 aromatic heterocycles. The van der Waals surface area contributed by atoms with E-state index >= 15 is 0 Å². The second-order valence-electron chi connectivity index (χ2n) is 5.55. The van der Waals surface area contributed by atoms with Crippen molar-refractivity contribution in [2.24, 2.45) is 5.92 Å². The van der Waals surface area contributed by atoms with Crippen molar-refractivity contribution in [1.82, 2.24) is 15.5 Å². The van der Waals surface area contributed by atoms with Crippen molar-refractivity contribution >= 4 is 5.91 Å². The highest BCUT2D eigenvalue weighted by Crippen LogP contribution is 2.24. The monoisotopic (exact) mass is 297 g/mol. The molecule has 21 heavy (non-hydrogen) atoms. The first kappa shape index (κ1) is 15.9. The van der Waals surface area contributed by atoms with Gasteiger partial charge in [-0.2, -0.15) is 0 Å². The zero-order valence-corrected chi connectivity index (χ0v) is 12.3. The van der Waals surface area contributed by atoms with Gasteiger partial charge in [-0.15, -0.1) is 0 Å². The molecule has 1 aliphatic heterocycles. The van der Waals surface area contributed by atoms with Gasteiger partial charge in [0.1, 0.15) is 11.6 Å². The van der Waals surface area contributed by atoms with Gasteiger partial charge in [-0.1, -0.05) is 6.07 Å². The van der Waals surface area contributed by atoms with E-state index in [1.54, 1.807) is 19.0 Å². The number of amides is 1. The highest BCUT2D eigenvalue weighted by molar-refractivity contribution is 5.79. The maximum Gasteiger partial charge on any atom is 0.224 e. The molecule has 1 heterocycles. The maximum atomic E-state index is 13.9. The van der Waals surface area contributed by atoms with Crippen LogP contribution in [0.15, 0.2) is 18.2 Å². The Labute approximate surface area is 123 Å². The molecule has 0 bridgehead atoms. The van der Waals surface area contributed by atoms with Crippen LogP contribution in [0.2, 0.25) is 0 Å². The Balaban J connectivity index is 2.07. The predicted octanol–water partition coefficient (Wildman–Crippen LogP) is 1.29. The van der Waals surface area contributed by atoms with Crippen molar-refractivity contribution < 1.29 is 13.6 Å². The van der Waals surface area contributed by atoms with Gasteiger partial charge in [0.15, 0.2) is 0 Å². The molecule has 1 fully saturated rings. The van der Waals surface area contributed by atoms with Crippen LogP contribution in [0.1, 0.15) is 18.0 Å². The Morgan fingerprint density at radius 2 is 2.10 bits per heavy atom. The smallest absolute Gasteiger partial charge is 0.224 e. The second-order valence-corrected chi connectivity index (χ2v) is 5.55. The fourth-order valence-corrected chi connectivity index (χ4v) is 2.59. The van der Waals surface area contributed by atoms with E-state index in [1.165, 1.54) is 18.2 Å². The first-order chi connectivity index (χ1) is 10.0. The molecule has 2 unspecified atom stereocenters. The third kappa shape index (κ3) is 3.77. The van der Waals surface area contributed by atoms with Gasteiger partial charge in [0.2, 0.25) is 5.91 Å². The molecule has 0 saturated carbocycles. The van der Waals surface area contributed by atoms with Crippen molar-refractivity contribution in [3.63, 3.8) is 0 Å². The zero-order chi connectivity index (χ0) is 15.4. The number of nitrogens with zero attached hydrogens (tertiary/aromatic N) is 1. The lowest BCUT2D eigenvalue weighted by Crippen LogP contribution is -2.38. The summed E-state index contributed by atoms with van der Waals surface area (Å²) in [7, 11) is 3.47. The number of benzene rings is 1. The largest absolute Gasteiger partial charge is 0.354 e. The maximum absolute atomic E-state index is 13.9. The van der Waals surface area contributed by atoms with Crippen LogP contribution in [0.4, 0.5) is 8.78 Å². The molecule has 0 aliphatic carbocycles. The second kappa shape index (κ2) is 6.95. The van der Waals surface area contributed by atoms with Gasteiger partial charge in [0.25, 0.3) is 0 Å². The summed E-state index contributed by atoms with van der Waals surface area (Å²) >= 11 is 0. The Hall–Kier alpha value is -1.53. The van der Waals surface area contributed by atoms with Crippen LogP contribution >= 0.6 is 0 Å². The highest BCUT2D eigenvalue weighted by atomic mass is 19.1. The Bertz CT molecular complexity index is 481. The third-order valence-electron chi connectivity index (χ3n) is 3.86. The molecule has 1 aliphatic rings. The molecule has 6 heteroatoms. The minimum atomic E-state index is -0.592. The molecule has 2 rings (SSSR count). The van der Waals surface area contributed by atoms with Crippen molar-refractivity contribution in [2.75, 3.05) is 33.7 Å². The predicted molar refractivity (Wildman–Crippen MR) is 76.8 cm³/mol. The SMILES string of the molecule is CN(C)C(CNC(=O)C1CCNC1)c1c(F)cccc1F. The van der Waals surface area contributed by atoms with Gasteiger partial charge < -0.3 is 15.5 Å². The van der Waals surface area contributed by atoms with Crippen LogP contribution in [-0.4, -0.2) is 44.5 Å². The van der Waals surface area contributed by atoms with Crippen molar-refractivity contribution in [1.29, 1.82) is 0 Å². The fourth-order valence-electron chi connectivity index (χ4n) is 2.59. The lowest BCUT2D eigenvalue weighted by atomic mass is 10.0. The zero-order valence-electron chi connectivity index (χ0n) is 12.3. The van der Waals surface area contributed by atoms with E-state index in [-0.39, 0.29) is 23.9 Å². The number of likely N-dealkylation sites (N-methyl/N-ethyl adjacent to an activating group) is 1. The van der Waals surface area contributed by atoms with E-state index in [4.69, 9.17) is 0 Å². The summed E-state index contributed by atoms with van der Waals surface area (Å²) in [5.74, 6) is -1.31. The lowest BCUT2D eigenvalue weighted by molar-refractivity contribution is -0.124. The van der Waals surface area contributed by atoms with Crippen molar-refractivity contribution in [2.45, 2.75) is 12.5 Å². The molecule has 0 spiro atoms. The van der Waals surface area contributed by atoms with E-state index < -0.39 is 17.7 Å². The van der Waals surface area contributed by atoms with Crippen LogP contribution in [0.25, 0.3) is 0 Å². The molecule has 2 N–H and O–H groups in total. The van der Waals surface area contributed by atoms with E-state index in [0.717, 1.165) is 13.0 Å². The standard InChI is InChI=1S/C15H21F2N3O/c1-20(2)13(14-11(16)4-3-5-12(14)17)9-19-15(21)10-6-7-18-8-10/h3-5,10,13,18H,6-9H2,1-2H3,(H,19,21). The number of halogens is 2. The summed E-state index contributed by atoms with van der Waals surface area (Å²) in [6, 6.07) is 3.27. The number of carbonyl (C=O) groups is 1. The lowest BCUT2D eigenvalue weighted by Gasteiger charge is -2.26. The van der Waals surface area contributed by atoms with Crippen LogP contribution in [0, 0.1) is 17.6 Å². The fraction of sp³-hybridized carbons (Fsp3) is 0.533. The minimum Gasteiger partial charge on any atom is -0.354 e. The van der Waals surface area contributed by atoms with Crippen LogP contribution in [0.5, 0.6) is 0 Å². The summed E-state index contributed by atoms with van der Waals surface area (Å²) < 4.78 is 27.8. The van der Waals surface area contributed by atoms with E-state index in [0.29, 0.717) is 6.54 Å². The number of rotatable bonds is 5. The summed E-state index contributed by atoms with van der Waals surface area (Å²) in [4.78, 5) is 13.7. The van der Waals surface area contributed by atoms with E-state index in [2.05, 4.69) is 10.6 Å². The molecular weight excluding hydrogens is 276 g/mol. The number of hydrogen-bond acceptors (Lipinski definition) is 3. The van der Waals surface area contributed by atoms with Crippen LogP contribution < -0.4 is 10.6 Å². The molecular formula is C15H21F2N3O.